The van der Waals surface area contributed by atoms with Gasteiger partial charge in [-0.2, -0.15) is 13.2 Å². The summed E-state index contributed by atoms with van der Waals surface area (Å²) < 4.78 is 42.5. The van der Waals surface area contributed by atoms with E-state index in [0.717, 1.165) is 0 Å². The van der Waals surface area contributed by atoms with E-state index in [1.165, 1.54) is 19.2 Å². The number of nitrogens with one attached hydrogen (secondary N) is 1. The normalized spacial score (nSPS) is 11.8. The summed E-state index contributed by atoms with van der Waals surface area (Å²) in [5.74, 6) is 0.178. The summed E-state index contributed by atoms with van der Waals surface area (Å²) in [6.45, 7) is 0. The minimum atomic E-state index is -4.84. The largest absolute Gasteiger partial charge is 0.495 e. The maximum Gasteiger partial charge on any atom is 0.438 e. The van der Waals surface area contributed by atoms with Gasteiger partial charge in [0.05, 0.1) is 12.6 Å². The van der Waals surface area contributed by atoms with Crippen LogP contribution in [0.5, 0.6) is 5.75 Å². The van der Waals surface area contributed by atoms with Crippen molar-refractivity contribution in [1.82, 2.24) is 9.97 Å². The van der Waals surface area contributed by atoms with E-state index in [2.05, 4.69) is 9.97 Å². The Morgan fingerprint density at radius 3 is 2.61 bits per heavy atom. The smallest absolute Gasteiger partial charge is 0.438 e. The fourth-order valence-electron chi connectivity index (χ4n) is 1.45. The molecule has 0 saturated carbocycles. The molecule has 1 heterocycles. The summed E-state index contributed by atoms with van der Waals surface area (Å²) in [5, 5.41) is -0.0863. The number of hydrogen-bond donors (Lipinski definition) is 1. The number of aromatic nitrogens is 2. The van der Waals surface area contributed by atoms with E-state index in [-0.39, 0.29) is 21.8 Å². The maximum atomic E-state index is 12.5. The molecule has 0 fully saturated rings. The molecule has 0 radical (unpaired) electrons. The molecule has 0 atom stereocenters. The molecule has 1 aromatic heterocycles. The number of hydrogen-bond acceptors (Lipinski definition) is 3. The van der Waals surface area contributed by atoms with Crippen LogP contribution in [0.15, 0.2) is 16.9 Å². The predicted octanol–water partition coefficient (Wildman–Crippen LogP) is 2.60. The molecule has 0 saturated heterocycles. The van der Waals surface area contributed by atoms with E-state index in [1.54, 1.807) is 0 Å². The van der Waals surface area contributed by atoms with Gasteiger partial charge in [0.1, 0.15) is 16.3 Å². The highest BCUT2D eigenvalue weighted by Gasteiger charge is 2.36. The second-order valence-corrected chi connectivity index (χ2v) is 3.77. The molecule has 0 aliphatic carbocycles. The van der Waals surface area contributed by atoms with Crippen molar-refractivity contribution in [2.45, 2.75) is 6.18 Å². The number of aromatic amines is 1. The summed E-state index contributed by atoms with van der Waals surface area (Å²) in [4.78, 5) is 16.6. The van der Waals surface area contributed by atoms with Crippen LogP contribution in [-0.2, 0) is 6.18 Å². The second-order valence-electron chi connectivity index (χ2n) is 3.39. The van der Waals surface area contributed by atoms with E-state index in [1.807, 2.05) is 0 Å². The van der Waals surface area contributed by atoms with Gasteiger partial charge in [-0.15, -0.1) is 0 Å². The Morgan fingerprint density at radius 2 is 2.06 bits per heavy atom. The number of fused-ring (bicyclic) bond motifs is 1. The predicted molar refractivity (Wildman–Crippen MR) is 58.9 cm³/mol. The Kier molecular flexibility index (Phi) is 2.94. The van der Waals surface area contributed by atoms with E-state index >= 15 is 0 Å². The Hall–Kier alpha value is -1.76. The first kappa shape index (κ1) is 12.7. The molecule has 0 aliphatic heterocycles. The van der Waals surface area contributed by atoms with Crippen molar-refractivity contribution in [1.29, 1.82) is 0 Å². The molecule has 0 amide bonds. The van der Waals surface area contributed by atoms with Crippen molar-refractivity contribution in [3.8, 4) is 5.75 Å². The molecule has 0 unspecified atom stereocenters. The van der Waals surface area contributed by atoms with Crippen molar-refractivity contribution >= 4 is 22.6 Å². The van der Waals surface area contributed by atoms with Crippen LogP contribution in [0, 0.1) is 0 Å². The van der Waals surface area contributed by atoms with Gasteiger partial charge in [-0.25, -0.2) is 4.98 Å². The summed E-state index contributed by atoms with van der Waals surface area (Å²) in [6, 6.07) is 2.80. The lowest BCUT2D eigenvalue weighted by molar-refractivity contribution is -0.142. The first-order valence-corrected chi connectivity index (χ1v) is 5.06. The van der Waals surface area contributed by atoms with Crippen molar-refractivity contribution in [3.05, 3.63) is 33.2 Å². The summed E-state index contributed by atoms with van der Waals surface area (Å²) in [6.07, 6.45) is -4.84. The fourth-order valence-corrected chi connectivity index (χ4v) is 1.73. The number of rotatable bonds is 1. The Morgan fingerprint density at radius 1 is 1.39 bits per heavy atom. The van der Waals surface area contributed by atoms with Crippen molar-refractivity contribution in [3.63, 3.8) is 0 Å². The Bertz CT molecular complexity index is 666. The number of alkyl halides is 3. The van der Waals surface area contributed by atoms with Gasteiger partial charge in [-0.3, -0.25) is 4.79 Å². The van der Waals surface area contributed by atoms with Crippen molar-refractivity contribution < 1.29 is 17.9 Å². The highest BCUT2D eigenvalue weighted by Crippen LogP contribution is 2.32. The van der Waals surface area contributed by atoms with E-state index in [0.29, 0.717) is 0 Å². The topological polar surface area (TPSA) is 55.0 Å². The number of ether oxygens (including phenoxy) is 1. The third kappa shape index (κ3) is 2.01. The highest BCUT2D eigenvalue weighted by atomic mass is 35.5. The maximum absolute atomic E-state index is 12.5. The van der Waals surface area contributed by atoms with Crippen molar-refractivity contribution in [2.24, 2.45) is 0 Å². The van der Waals surface area contributed by atoms with Gasteiger partial charge < -0.3 is 9.72 Å². The molecule has 8 heteroatoms. The van der Waals surface area contributed by atoms with Gasteiger partial charge in [0.2, 0.25) is 5.69 Å². The average Bonchev–Trinajstić information content (AvgIpc) is 2.27. The molecular weight excluding hydrogens is 273 g/mol. The van der Waals surface area contributed by atoms with Crippen LogP contribution in [-0.4, -0.2) is 17.1 Å². The molecular formula is C10H6ClF3N2O2. The van der Waals surface area contributed by atoms with E-state index < -0.39 is 17.4 Å². The molecule has 0 spiro atoms. The molecule has 0 bridgehead atoms. The summed E-state index contributed by atoms with van der Waals surface area (Å²) in [5.41, 5.74) is -2.90. The van der Waals surface area contributed by atoms with Gasteiger partial charge >= 0.3 is 6.18 Å². The number of benzene rings is 1. The van der Waals surface area contributed by atoms with Crippen LogP contribution >= 0.6 is 11.6 Å². The number of H-pyrrole nitrogens is 1. The lowest BCUT2D eigenvalue weighted by atomic mass is 10.2. The molecule has 18 heavy (non-hydrogen) atoms. The molecule has 4 nitrogen and oxygen atoms in total. The van der Waals surface area contributed by atoms with Crippen molar-refractivity contribution in [2.75, 3.05) is 7.11 Å². The third-order valence-corrected chi connectivity index (χ3v) is 2.62. The van der Waals surface area contributed by atoms with Crippen LogP contribution in [0.25, 0.3) is 11.0 Å². The summed E-state index contributed by atoms with van der Waals surface area (Å²) in [7, 11) is 1.32. The Balaban J connectivity index is 2.83. The number of halogens is 4. The molecule has 0 aliphatic rings. The number of methoxy groups -OCH3 is 1. The fraction of sp³-hybridized carbons (Fsp3) is 0.200. The van der Waals surface area contributed by atoms with Gasteiger partial charge in [-0.05, 0) is 12.1 Å². The molecule has 96 valence electrons. The molecule has 1 N–H and O–H groups in total. The van der Waals surface area contributed by atoms with Gasteiger partial charge in [0, 0.05) is 0 Å². The molecule has 2 aromatic rings. The lowest BCUT2D eigenvalue weighted by Gasteiger charge is -2.08. The quantitative estimate of drug-likeness (QED) is 0.872. The monoisotopic (exact) mass is 278 g/mol. The standard InChI is InChI=1S/C10H6ClF3N2O2/c1-18-5-3-2-4-7(6(5)11)16-8(9(17)15-4)10(12,13)14/h2-3H,1H3,(H,15,17). The minimum Gasteiger partial charge on any atom is -0.495 e. The lowest BCUT2D eigenvalue weighted by Crippen LogP contribution is -2.23. The van der Waals surface area contributed by atoms with Crippen LogP contribution in [0.1, 0.15) is 5.69 Å². The van der Waals surface area contributed by atoms with E-state index in [9.17, 15) is 18.0 Å². The average molecular weight is 279 g/mol. The summed E-state index contributed by atoms with van der Waals surface area (Å²) >= 11 is 5.84. The third-order valence-electron chi connectivity index (χ3n) is 2.26. The van der Waals surface area contributed by atoms with Gasteiger partial charge in [0.15, 0.2) is 0 Å². The zero-order chi connectivity index (χ0) is 13.5. The van der Waals surface area contributed by atoms with Crippen LogP contribution in [0.4, 0.5) is 13.2 Å². The highest BCUT2D eigenvalue weighted by molar-refractivity contribution is 6.36. The van der Waals surface area contributed by atoms with Gasteiger partial charge in [0.25, 0.3) is 5.56 Å². The molecule has 1 aromatic carbocycles. The number of nitrogens with zero attached hydrogens (tertiary/aromatic N) is 1. The van der Waals surface area contributed by atoms with Crippen LogP contribution < -0.4 is 10.3 Å². The zero-order valence-corrected chi connectivity index (χ0v) is 9.69. The van der Waals surface area contributed by atoms with Crippen LogP contribution in [0.2, 0.25) is 5.02 Å². The van der Waals surface area contributed by atoms with Crippen LogP contribution in [0.3, 0.4) is 0 Å². The first-order chi connectivity index (χ1) is 8.34. The van der Waals surface area contributed by atoms with Gasteiger partial charge in [-0.1, -0.05) is 11.6 Å². The van der Waals surface area contributed by atoms with E-state index in [4.69, 9.17) is 16.3 Å². The zero-order valence-electron chi connectivity index (χ0n) is 8.93. The minimum absolute atomic E-state index is 0.0863. The second kappa shape index (κ2) is 4.16. The molecule has 2 rings (SSSR count). The SMILES string of the molecule is COc1ccc2[nH]c(=O)c(C(F)(F)F)nc2c1Cl. The Labute approximate surface area is 103 Å². The first-order valence-electron chi connectivity index (χ1n) is 4.68.